The van der Waals surface area contributed by atoms with E-state index in [2.05, 4.69) is 4.99 Å². The normalized spacial score (nSPS) is 21.5. The van der Waals surface area contributed by atoms with Crippen LogP contribution in [0.5, 0.6) is 5.75 Å². The number of hydroxylamine groups is 2. The van der Waals surface area contributed by atoms with Gasteiger partial charge in [-0.25, -0.2) is 19.3 Å². The maximum absolute atomic E-state index is 13.6. The SMILES string of the molecule is CN1OC2(CCOc3ccc(-c4ccc(F)c(C#N)c4)cc32)N=C1N. The summed E-state index contributed by atoms with van der Waals surface area (Å²) in [5, 5.41) is 10.5. The molecule has 2 aromatic rings. The molecule has 0 saturated carbocycles. The lowest BCUT2D eigenvalue weighted by Crippen LogP contribution is -2.35. The topological polar surface area (TPSA) is 83.9 Å². The van der Waals surface area contributed by atoms with Crippen molar-refractivity contribution in [2.24, 2.45) is 10.7 Å². The minimum absolute atomic E-state index is 0.000277. The van der Waals surface area contributed by atoms with Crippen LogP contribution < -0.4 is 10.5 Å². The molecule has 2 aliphatic heterocycles. The monoisotopic (exact) mass is 338 g/mol. The van der Waals surface area contributed by atoms with Crippen LogP contribution in [0, 0.1) is 17.1 Å². The summed E-state index contributed by atoms with van der Waals surface area (Å²) >= 11 is 0. The third kappa shape index (κ3) is 2.39. The van der Waals surface area contributed by atoms with Crippen LogP contribution in [0.2, 0.25) is 0 Å². The maximum atomic E-state index is 13.6. The average Bonchev–Trinajstić information content (AvgIpc) is 2.90. The van der Waals surface area contributed by atoms with Gasteiger partial charge in [-0.3, -0.25) is 0 Å². The number of nitriles is 1. The van der Waals surface area contributed by atoms with Crippen LogP contribution in [0.3, 0.4) is 0 Å². The van der Waals surface area contributed by atoms with E-state index in [4.69, 9.17) is 20.6 Å². The fourth-order valence-electron chi connectivity index (χ4n) is 3.13. The molecule has 6 nitrogen and oxygen atoms in total. The van der Waals surface area contributed by atoms with Crippen molar-refractivity contribution in [3.8, 4) is 22.9 Å². The molecule has 0 aliphatic carbocycles. The number of hydrogen-bond acceptors (Lipinski definition) is 6. The molecule has 1 atom stereocenters. The summed E-state index contributed by atoms with van der Waals surface area (Å²) < 4.78 is 19.3. The van der Waals surface area contributed by atoms with E-state index in [9.17, 15) is 4.39 Å². The van der Waals surface area contributed by atoms with E-state index >= 15 is 0 Å². The molecule has 2 aromatic carbocycles. The fraction of sp³-hybridized carbons (Fsp3) is 0.222. The molecule has 25 heavy (non-hydrogen) atoms. The highest BCUT2D eigenvalue weighted by Crippen LogP contribution is 2.45. The summed E-state index contributed by atoms with van der Waals surface area (Å²) in [6.45, 7) is 0.464. The number of benzene rings is 2. The summed E-state index contributed by atoms with van der Waals surface area (Å²) in [7, 11) is 1.70. The van der Waals surface area contributed by atoms with E-state index in [1.807, 2.05) is 24.3 Å². The number of ether oxygens (including phenoxy) is 1. The number of fused-ring (bicyclic) bond motifs is 2. The highest BCUT2D eigenvalue weighted by atomic mass is 19.1. The van der Waals surface area contributed by atoms with Gasteiger partial charge in [-0.1, -0.05) is 12.1 Å². The number of halogens is 1. The van der Waals surface area contributed by atoms with Crippen LogP contribution in [0.25, 0.3) is 11.1 Å². The van der Waals surface area contributed by atoms with Crippen LogP contribution in [0.4, 0.5) is 4.39 Å². The van der Waals surface area contributed by atoms with Gasteiger partial charge in [0.05, 0.1) is 17.7 Å². The van der Waals surface area contributed by atoms with Gasteiger partial charge in [-0.15, -0.1) is 0 Å². The van der Waals surface area contributed by atoms with E-state index in [0.29, 0.717) is 24.7 Å². The molecule has 2 heterocycles. The van der Waals surface area contributed by atoms with Gasteiger partial charge in [0, 0.05) is 13.5 Å². The molecule has 0 bridgehead atoms. The molecular formula is C18H15FN4O2. The Morgan fingerprint density at radius 3 is 2.76 bits per heavy atom. The Balaban J connectivity index is 1.84. The first-order valence-corrected chi connectivity index (χ1v) is 7.78. The molecule has 0 amide bonds. The smallest absolute Gasteiger partial charge is 0.221 e. The van der Waals surface area contributed by atoms with Crippen LogP contribution in [-0.2, 0) is 10.6 Å². The molecule has 1 spiro atoms. The second-order valence-corrected chi connectivity index (χ2v) is 5.96. The number of hydrogen-bond donors (Lipinski definition) is 1. The second-order valence-electron chi connectivity index (χ2n) is 5.96. The Morgan fingerprint density at radius 2 is 2.04 bits per heavy atom. The predicted octanol–water partition coefficient (Wildman–Crippen LogP) is 2.49. The first kappa shape index (κ1) is 15.4. The van der Waals surface area contributed by atoms with E-state index in [0.717, 1.165) is 16.7 Å². The number of aliphatic imine (C=N–C) groups is 1. The van der Waals surface area contributed by atoms with E-state index in [-0.39, 0.29) is 5.56 Å². The molecule has 4 rings (SSSR count). The van der Waals surface area contributed by atoms with Crippen LogP contribution >= 0.6 is 0 Å². The Bertz CT molecular complexity index is 937. The van der Waals surface area contributed by atoms with E-state index in [1.54, 1.807) is 13.1 Å². The molecule has 7 heteroatoms. The molecule has 2 aliphatic rings. The summed E-state index contributed by atoms with van der Waals surface area (Å²) in [5.41, 5.74) is 7.26. The lowest BCUT2D eigenvalue weighted by molar-refractivity contribution is -0.183. The van der Waals surface area contributed by atoms with Crippen molar-refractivity contribution in [3.63, 3.8) is 0 Å². The minimum Gasteiger partial charge on any atom is -0.493 e. The first-order chi connectivity index (χ1) is 12.0. The van der Waals surface area contributed by atoms with Gasteiger partial charge in [0.2, 0.25) is 11.7 Å². The van der Waals surface area contributed by atoms with E-state index < -0.39 is 11.5 Å². The standard InChI is InChI=1S/C18H15FN4O2/c1-23-17(21)22-18(25-23)6-7-24-16-5-3-12(9-14(16)18)11-2-4-15(19)13(8-11)10-20/h2-5,8-9H,6-7H2,1H3,(H2,21,22). The van der Waals surface area contributed by atoms with Crippen LogP contribution in [-0.4, -0.2) is 24.7 Å². The van der Waals surface area contributed by atoms with Crippen molar-refractivity contribution in [3.05, 3.63) is 53.3 Å². The van der Waals surface area contributed by atoms with Gasteiger partial charge in [0.25, 0.3) is 0 Å². The largest absolute Gasteiger partial charge is 0.493 e. The number of nitrogens with zero attached hydrogens (tertiary/aromatic N) is 3. The molecule has 1 unspecified atom stereocenters. The third-order valence-corrected chi connectivity index (χ3v) is 4.42. The second kappa shape index (κ2) is 5.46. The van der Waals surface area contributed by atoms with Crippen LogP contribution in [0.15, 0.2) is 41.4 Å². The van der Waals surface area contributed by atoms with Gasteiger partial charge in [0.15, 0.2) is 0 Å². The Kier molecular flexibility index (Phi) is 3.37. The van der Waals surface area contributed by atoms with E-state index in [1.165, 1.54) is 17.2 Å². The van der Waals surface area contributed by atoms with Crippen molar-refractivity contribution < 1.29 is 14.0 Å². The van der Waals surface area contributed by atoms with Crippen molar-refractivity contribution in [1.29, 1.82) is 5.26 Å². The Morgan fingerprint density at radius 1 is 1.28 bits per heavy atom. The minimum atomic E-state index is -0.916. The Hall–Kier alpha value is -3.11. The molecule has 0 radical (unpaired) electrons. The summed E-state index contributed by atoms with van der Waals surface area (Å²) in [5.74, 6) is 0.429. The Labute approximate surface area is 143 Å². The third-order valence-electron chi connectivity index (χ3n) is 4.42. The molecule has 126 valence electrons. The fourth-order valence-corrected chi connectivity index (χ4v) is 3.13. The lowest BCUT2D eigenvalue weighted by Gasteiger charge is -2.32. The zero-order valence-electron chi connectivity index (χ0n) is 13.5. The van der Waals surface area contributed by atoms with Gasteiger partial charge in [0.1, 0.15) is 17.6 Å². The summed E-state index contributed by atoms with van der Waals surface area (Å²) in [6, 6.07) is 11.9. The molecular weight excluding hydrogens is 323 g/mol. The van der Waals surface area contributed by atoms with Crippen molar-refractivity contribution >= 4 is 5.96 Å². The summed E-state index contributed by atoms with van der Waals surface area (Å²) in [6.07, 6.45) is 0.529. The molecule has 0 saturated heterocycles. The zero-order chi connectivity index (χ0) is 17.6. The maximum Gasteiger partial charge on any atom is 0.221 e. The first-order valence-electron chi connectivity index (χ1n) is 7.78. The number of rotatable bonds is 1. The highest BCUT2D eigenvalue weighted by Gasteiger charge is 2.45. The van der Waals surface area contributed by atoms with Crippen molar-refractivity contribution in [2.75, 3.05) is 13.7 Å². The molecule has 0 fully saturated rings. The molecule has 0 aromatic heterocycles. The van der Waals surface area contributed by atoms with Crippen molar-refractivity contribution in [1.82, 2.24) is 5.06 Å². The number of guanidine groups is 1. The van der Waals surface area contributed by atoms with Gasteiger partial charge in [-0.05, 0) is 35.4 Å². The number of nitrogens with two attached hydrogens (primary N) is 1. The average molecular weight is 338 g/mol. The van der Waals surface area contributed by atoms with Gasteiger partial charge >= 0.3 is 0 Å². The highest BCUT2D eigenvalue weighted by molar-refractivity contribution is 5.79. The van der Waals surface area contributed by atoms with Gasteiger partial charge in [-0.2, -0.15) is 5.26 Å². The van der Waals surface area contributed by atoms with Gasteiger partial charge < -0.3 is 10.5 Å². The molecule has 2 N–H and O–H groups in total. The lowest BCUT2D eigenvalue weighted by atomic mass is 9.92. The van der Waals surface area contributed by atoms with Crippen molar-refractivity contribution in [2.45, 2.75) is 12.1 Å². The van der Waals surface area contributed by atoms with Crippen LogP contribution in [0.1, 0.15) is 17.5 Å². The zero-order valence-corrected chi connectivity index (χ0v) is 13.5. The predicted molar refractivity (Wildman–Crippen MR) is 88.8 cm³/mol. The quantitative estimate of drug-likeness (QED) is 0.864. The summed E-state index contributed by atoms with van der Waals surface area (Å²) in [4.78, 5) is 10.4.